The van der Waals surface area contributed by atoms with Crippen LogP contribution in [0.25, 0.3) is 0 Å². The first kappa shape index (κ1) is 12.4. The van der Waals surface area contributed by atoms with Crippen LogP contribution in [-0.2, 0) is 14.3 Å². The average molecular weight is 254 g/mol. The van der Waals surface area contributed by atoms with Gasteiger partial charge in [0, 0.05) is 5.33 Å². The summed E-state index contributed by atoms with van der Waals surface area (Å²) < 4.78 is 4.31. The van der Waals surface area contributed by atoms with Gasteiger partial charge >= 0.3 is 5.97 Å². The molecule has 13 heavy (non-hydrogen) atoms. The predicted octanol–water partition coefficient (Wildman–Crippen LogP) is -0.579. The maximum Gasteiger partial charge on any atom is 0.325 e. The third-order valence-electron chi connectivity index (χ3n) is 1.26. The summed E-state index contributed by atoms with van der Waals surface area (Å²) in [5, 5.41) is 11.7. The second-order valence-electron chi connectivity index (χ2n) is 2.37. The molecule has 5 nitrogen and oxygen atoms in total. The van der Waals surface area contributed by atoms with Gasteiger partial charge < -0.3 is 15.2 Å². The van der Waals surface area contributed by atoms with E-state index in [2.05, 4.69) is 26.0 Å². The average Bonchev–Trinajstić information content (AvgIpc) is 2.13. The number of ether oxygens (including phenoxy) is 1. The molecule has 0 rings (SSSR count). The van der Waals surface area contributed by atoms with Crippen molar-refractivity contribution in [3.63, 3.8) is 0 Å². The number of hydrogen-bond acceptors (Lipinski definition) is 4. The van der Waals surface area contributed by atoms with E-state index in [1.54, 1.807) is 0 Å². The van der Waals surface area contributed by atoms with E-state index in [-0.39, 0.29) is 18.9 Å². The molecule has 0 aromatic rings. The molecule has 6 heteroatoms. The fourth-order valence-electron chi connectivity index (χ4n) is 0.584. The molecule has 76 valence electrons. The van der Waals surface area contributed by atoms with E-state index < -0.39 is 12.1 Å². The monoisotopic (exact) mass is 253 g/mol. The molecule has 0 radical (unpaired) electrons. The Kier molecular flexibility index (Phi) is 6.52. The van der Waals surface area contributed by atoms with Crippen LogP contribution in [0.5, 0.6) is 0 Å². The summed E-state index contributed by atoms with van der Waals surface area (Å²) in [6.45, 7) is -0.162. The predicted molar refractivity (Wildman–Crippen MR) is 49.4 cm³/mol. The summed E-state index contributed by atoms with van der Waals surface area (Å²) >= 11 is 3.02. The van der Waals surface area contributed by atoms with Crippen molar-refractivity contribution in [2.75, 3.05) is 19.0 Å². The minimum atomic E-state index is -0.724. The van der Waals surface area contributed by atoms with Gasteiger partial charge in [-0.2, -0.15) is 0 Å². The standard InChI is InChI=1S/C7H12BrNO4/c1-13-7(12)4-9-6(11)2-5(10)3-8/h5,10H,2-4H2,1H3,(H,9,11). The van der Waals surface area contributed by atoms with Gasteiger partial charge in [-0.3, -0.25) is 9.59 Å². The maximum atomic E-state index is 10.9. The Labute approximate surface area is 84.6 Å². The minimum Gasteiger partial charge on any atom is -0.468 e. The quantitative estimate of drug-likeness (QED) is 0.508. The number of carbonyl (C=O) groups excluding carboxylic acids is 2. The number of hydrogen-bond donors (Lipinski definition) is 2. The molecule has 1 amide bonds. The molecule has 1 atom stereocenters. The van der Waals surface area contributed by atoms with Crippen molar-refractivity contribution in [3.05, 3.63) is 0 Å². The van der Waals surface area contributed by atoms with Crippen LogP contribution >= 0.6 is 15.9 Å². The summed E-state index contributed by atoms with van der Waals surface area (Å²) in [6.07, 6.45) is -0.750. The first-order chi connectivity index (χ1) is 6.10. The second kappa shape index (κ2) is 6.85. The van der Waals surface area contributed by atoms with E-state index in [1.165, 1.54) is 7.11 Å². The number of carbonyl (C=O) groups is 2. The van der Waals surface area contributed by atoms with Crippen LogP contribution in [0.1, 0.15) is 6.42 Å². The summed E-state index contributed by atoms with van der Waals surface area (Å²) in [5.41, 5.74) is 0. The number of aliphatic hydroxyl groups is 1. The number of amides is 1. The molecule has 2 N–H and O–H groups in total. The third kappa shape index (κ3) is 6.53. The molecular formula is C7H12BrNO4. The number of nitrogens with one attached hydrogen (secondary N) is 1. The Morgan fingerprint density at radius 3 is 2.69 bits per heavy atom. The van der Waals surface area contributed by atoms with Gasteiger partial charge in [-0.05, 0) is 0 Å². The van der Waals surface area contributed by atoms with Gasteiger partial charge in [0.15, 0.2) is 0 Å². The molecule has 0 saturated heterocycles. The Morgan fingerprint density at radius 1 is 1.62 bits per heavy atom. The highest BCUT2D eigenvalue weighted by molar-refractivity contribution is 9.09. The fourth-order valence-corrected chi connectivity index (χ4v) is 0.813. The number of aliphatic hydroxyl groups excluding tert-OH is 1. The topological polar surface area (TPSA) is 75.6 Å². The maximum absolute atomic E-state index is 10.9. The molecule has 0 heterocycles. The van der Waals surface area contributed by atoms with Crippen molar-refractivity contribution < 1.29 is 19.4 Å². The van der Waals surface area contributed by atoms with Gasteiger partial charge in [0.1, 0.15) is 6.54 Å². The molecule has 0 spiro atoms. The SMILES string of the molecule is COC(=O)CNC(=O)CC(O)CBr. The summed E-state index contributed by atoms with van der Waals surface area (Å²) in [5.74, 6) is -0.890. The highest BCUT2D eigenvalue weighted by atomic mass is 79.9. The normalized spacial score (nSPS) is 11.9. The third-order valence-corrected chi connectivity index (χ3v) is 2.00. The minimum absolute atomic E-state index is 0.0256. The van der Waals surface area contributed by atoms with Gasteiger partial charge in [-0.15, -0.1) is 0 Å². The van der Waals surface area contributed by atoms with E-state index in [1.807, 2.05) is 0 Å². The lowest BCUT2D eigenvalue weighted by Crippen LogP contribution is -2.32. The molecule has 0 aromatic heterocycles. The molecule has 0 fully saturated rings. The van der Waals surface area contributed by atoms with Crippen LogP contribution in [-0.4, -0.2) is 42.1 Å². The summed E-state index contributed by atoms with van der Waals surface area (Å²) in [7, 11) is 1.24. The molecule has 0 aliphatic rings. The van der Waals surface area contributed by atoms with E-state index in [0.717, 1.165) is 0 Å². The van der Waals surface area contributed by atoms with E-state index >= 15 is 0 Å². The van der Waals surface area contributed by atoms with Crippen LogP contribution in [0.3, 0.4) is 0 Å². The van der Waals surface area contributed by atoms with Crippen LogP contribution in [0, 0.1) is 0 Å². The number of rotatable bonds is 5. The highest BCUT2D eigenvalue weighted by Crippen LogP contribution is 1.95. The molecule has 0 saturated carbocycles. The lowest BCUT2D eigenvalue weighted by atomic mass is 10.3. The zero-order valence-corrected chi connectivity index (χ0v) is 8.83. The van der Waals surface area contributed by atoms with E-state index in [0.29, 0.717) is 5.33 Å². The zero-order valence-electron chi connectivity index (χ0n) is 7.25. The van der Waals surface area contributed by atoms with E-state index in [9.17, 15) is 9.59 Å². The zero-order chi connectivity index (χ0) is 10.3. The molecule has 0 bridgehead atoms. The molecular weight excluding hydrogens is 242 g/mol. The Morgan fingerprint density at radius 2 is 2.23 bits per heavy atom. The van der Waals surface area contributed by atoms with Gasteiger partial charge in [0.05, 0.1) is 19.6 Å². The largest absolute Gasteiger partial charge is 0.468 e. The molecule has 1 unspecified atom stereocenters. The first-order valence-electron chi connectivity index (χ1n) is 3.67. The van der Waals surface area contributed by atoms with Crippen molar-refractivity contribution in [2.45, 2.75) is 12.5 Å². The highest BCUT2D eigenvalue weighted by Gasteiger charge is 2.10. The molecule has 0 aromatic carbocycles. The van der Waals surface area contributed by atoms with Crippen LogP contribution < -0.4 is 5.32 Å². The second-order valence-corrected chi connectivity index (χ2v) is 3.01. The summed E-state index contributed by atoms with van der Waals surface area (Å²) in [4.78, 5) is 21.5. The van der Waals surface area contributed by atoms with Gasteiger partial charge in [0.2, 0.25) is 5.91 Å². The van der Waals surface area contributed by atoms with E-state index in [4.69, 9.17) is 5.11 Å². The Balaban J connectivity index is 3.57. The van der Waals surface area contributed by atoms with Crippen LogP contribution in [0.4, 0.5) is 0 Å². The smallest absolute Gasteiger partial charge is 0.325 e. The fraction of sp³-hybridized carbons (Fsp3) is 0.714. The first-order valence-corrected chi connectivity index (χ1v) is 4.79. The summed E-state index contributed by atoms with van der Waals surface area (Å²) in [6, 6.07) is 0. The Hall–Kier alpha value is -0.620. The number of halogens is 1. The van der Waals surface area contributed by atoms with Gasteiger partial charge in [-0.25, -0.2) is 0 Å². The Bertz CT molecular complexity index is 185. The van der Waals surface area contributed by atoms with Crippen LogP contribution in [0.2, 0.25) is 0 Å². The number of alkyl halides is 1. The number of methoxy groups -OCH3 is 1. The lowest BCUT2D eigenvalue weighted by Gasteiger charge is -2.06. The molecule has 0 aliphatic heterocycles. The van der Waals surface area contributed by atoms with Crippen molar-refractivity contribution >= 4 is 27.8 Å². The molecule has 0 aliphatic carbocycles. The van der Waals surface area contributed by atoms with Gasteiger partial charge in [-0.1, -0.05) is 15.9 Å². The number of esters is 1. The van der Waals surface area contributed by atoms with Gasteiger partial charge in [0.25, 0.3) is 0 Å². The van der Waals surface area contributed by atoms with Crippen molar-refractivity contribution in [1.29, 1.82) is 0 Å². The van der Waals surface area contributed by atoms with Crippen molar-refractivity contribution in [2.24, 2.45) is 0 Å². The lowest BCUT2D eigenvalue weighted by molar-refractivity contribution is -0.141. The van der Waals surface area contributed by atoms with Crippen molar-refractivity contribution in [3.8, 4) is 0 Å². The van der Waals surface area contributed by atoms with Crippen molar-refractivity contribution in [1.82, 2.24) is 5.32 Å². The van der Waals surface area contributed by atoms with Crippen LogP contribution in [0.15, 0.2) is 0 Å².